The van der Waals surface area contributed by atoms with E-state index in [1.54, 1.807) is 25.1 Å². The van der Waals surface area contributed by atoms with Gasteiger partial charge in [-0.2, -0.15) is 0 Å². The minimum absolute atomic E-state index is 0.182. The number of halogens is 1. The summed E-state index contributed by atoms with van der Waals surface area (Å²) in [4.78, 5) is 29.2. The summed E-state index contributed by atoms with van der Waals surface area (Å²) in [5.41, 5.74) is -0.985. The first-order valence-electron chi connectivity index (χ1n) is 6.13. The first-order chi connectivity index (χ1) is 8.95. The number of aromatic nitrogens is 1. The number of nitrogens with zero attached hydrogens (tertiary/aromatic N) is 2. The molecule has 6 heteroatoms. The monoisotopic (exact) mass is 282 g/mol. The first-order valence-corrected chi connectivity index (χ1v) is 6.51. The summed E-state index contributed by atoms with van der Waals surface area (Å²) < 4.78 is 0. The molecule has 1 aromatic rings. The van der Waals surface area contributed by atoms with Crippen molar-refractivity contribution < 1.29 is 14.7 Å². The van der Waals surface area contributed by atoms with Crippen LogP contribution in [0.25, 0.3) is 0 Å². The van der Waals surface area contributed by atoms with Gasteiger partial charge in [-0.15, -0.1) is 0 Å². The summed E-state index contributed by atoms with van der Waals surface area (Å²) in [6.45, 7) is 2.01. The number of carboxylic acid groups (broad SMARTS) is 1. The van der Waals surface area contributed by atoms with Crippen LogP contribution in [0.4, 0.5) is 0 Å². The minimum Gasteiger partial charge on any atom is -0.480 e. The summed E-state index contributed by atoms with van der Waals surface area (Å²) >= 11 is 5.76. The number of amides is 1. The predicted molar refractivity (Wildman–Crippen MR) is 70.2 cm³/mol. The Morgan fingerprint density at radius 1 is 1.42 bits per heavy atom. The molecule has 0 radical (unpaired) electrons. The number of aliphatic carboxylic acids is 1. The molecule has 2 rings (SSSR count). The van der Waals surface area contributed by atoms with E-state index >= 15 is 0 Å². The maximum Gasteiger partial charge on any atom is 0.329 e. The van der Waals surface area contributed by atoms with Gasteiger partial charge in [0.15, 0.2) is 0 Å². The second kappa shape index (κ2) is 5.17. The zero-order valence-corrected chi connectivity index (χ0v) is 11.4. The highest BCUT2D eigenvalue weighted by Gasteiger charge is 2.44. The molecule has 0 spiro atoms. The van der Waals surface area contributed by atoms with Crippen molar-refractivity contribution in [1.29, 1.82) is 0 Å². The Hall–Kier alpha value is -1.62. The number of carbonyl (C=O) groups excluding carboxylic acids is 1. The van der Waals surface area contributed by atoms with Crippen molar-refractivity contribution in [1.82, 2.24) is 9.88 Å². The van der Waals surface area contributed by atoms with Crippen molar-refractivity contribution in [2.24, 2.45) is 0 Å². The highest BCUT2D eigenvalue weighted by molar-refractivity contribution is 6.29. The van der Waals surface area contributed by atoms with Crippen molar-refractivity contribution in [3.8, 4) is 0 Å². The van der Waals surface area contributed by atoms with E-state index in [9.17, 15) is 14.7 Å². The minimum atomic E-state index is -1.17. The number of piperidine rings is 1. The van der Waals surface area contributed by atoms with Crippen LogP contribution < -0.4 is 0 Å². The van der Waals surface area contributed by atoms with Crippen LogP contribution in [0.5, 0.6) is 0 Å². The molecule has 1 aliphatic rings. The van der Waals surface area contributed by atoms with Crippen LogP contribution in [-0.2, 0) is 4.79 Å². The van der Waals surface area contributed by atoms with Crippen LogP contribution in [0.2, 0.25) is 5.15 Å². The lowest BCUT2D eigenvalue weighted by Gasteiger charge is -2.41. The van der Waals surface area contributed by atoms with Crippen molar-refractivity contribution in [3.63, 3.8) is 0 Å². The van der Waals surface area contributed by atoms with E-state index < -0.39 is 11.5 Å². The Bertz CT molecular complexity index is 520. The SMILES string of the molecule is CC1(C(=O)O)CCCCN1C(=O)c1cccc(Cl)n1. The summed E-state index contributed by atoms with van der Waals surface area (Å²) in [6.07, 6.45) is 2.05. The number of hydrogen-bond acceptors (Lipinski definition) is 3. The van der Waals surface area contributed by atoms with Gasteiger partial charge in [-0.25, -0.2) is 9.78 Å². The van der Waals surface area contributed by atoms with Gasteiger partial charge in [0.1, 0.15) is 16.4 Å². The molecule has 1 aliphatic heterocycles. The first kappa shape index (κ1) is 13.8. The van der Waals surface area contributed by atoms with Gasteiger partial charge < -0.3 is 10.0 Å². The highest BCUT2D eigenvalue weighted by Crippen LogP contribution is 2.29. The molecule has 0 saturated carbocycles. The Kier molecular flexibility index (Phi) is 3.75. The zero-order chi connectivity index (χ0) is 14.0. The van der Waals surface area contributed by atoms with Gasteiger partial charge in [-0.3, -0.25) is 4.79 Å². The zero-order valence-electron chi connectivity index (χ0n) is 10.6. The Labute approximate surface area is 116 Å². The van der Waals surface area contributed by atoms with Gasteiger partial charge in [0.2, 0.25) is 0 Å². The van der Waals surface area contributed by atoms with Gasteiger partial charge in [0.05, 0.1) is 0 Å². The number of pyridine rings is 1. The maximum atomic E-state index is 12.4. The molecule has 2 heterocycles. The highest BCUT2D eigenvalue weighted by atomic mass is 35.5. The average molecular weight is 283 g/mol. The van der Waals surface area contributed by atoms with Crippen molar-refractivity contribution in [3.05, 3.63) is 29.0 Å². The standard InChI is InChI=1S/C13H15ClN2O3/c1-13(12(18)19)7-2-3-8-16(13)11(17)9-5-4-6-10(14)15-9/h4-6H,2-3,7-8H2,1H3,(H,18,19). The molecular weight excluding hydrogens is 268 g/mol. The molecule has 1 N–H and O–H groups in total. The van der Waals surface area contributed by atoms with Gasteiger partial charge in [0.25, 0.3) is 5.91 Å². The fraction of sp³-hybridized carbons (Fsp3) is 0.462. The van der Waals surface area contributed by atoms with Crippen LogP contribution in [0.1, 0.15) is 36.7 Å². The number of hydrogen-bond donors (Lipinski definition) is 1. The molecule has 1 amide bonds. The molecule has 1 unspecified atom stereocenters. The molecule has 0 bridgehead atoms. The van der Waals surface area contributed by atoms with Gasteiger partial charge >= 0.3 is 5.97 Å². The molecule has 0 aromatic carbocycles. The summed E-state index contributed by atoms with van der Waals surface area (Å²) in [6, 6.07) is 4.75. The normalized spacial score (nSPS) is 23.2. The van der Waals surface area contributed by atoms with E-state index in [0.717, 1.165) is 12.8 Å². The predicted octanol–water partition coefficient (Wildman–Crippen LogP) is 2.20. The van der Waals surface area contributed by atoms with Gasteiger partial charge in [-0.1, -0.05) is 17.7 Å². The smallest absolute Gasteiger partial charge is 0.329 e. The molecule has 1 saturated heterocycles. The van der Waals surface area contributed by atoms with Gasteiger partial charge in [0, 0.05) is 6.54 Å². The van der Waals surface area contributed by atoms with E-state index in [-0.39, 0.29) is 16.8 Å². The van der Waals surface area contributed by atoms with E-state index in [2.05, 4.69) is 4.98 Å². The van der Waals surface area contributed by atoms with Crippen molar-refractivity contribution >= 4 is 23.5 Å². The van der Waals surface area contributed by atoms with Crippen molar-refractivity contribution in [2.75, 3.05) is 6.54 Å². The fourth-order valence-corrected chi connectivity index (χ4v) is 2.50. The molecule has 19 heavy (non-hydrogen) atoms. The third-order valence-corrected chi connectivity index (χ3v) is 3.74. The van der Waals surface area contributed by atoms with E-state index in [4.69, 9.17) is 11.6 Å². The van der Waals surface area contributed by atoms with Crippen LogP contribution in [0.3, 0.4) is 0 Å². The van der Waals surface area contributed by atoms with E-state index in [1.165, 1.54) is 4.90 Å². The lowest BCUT2D eigenvalue weighted by Crippen LogP contribution is -2.57. The summed E-state index contributed by atoms with van der Waals surface area (Å²) in [5, 5.41) is 9.60. The third-order valence-electron chi connectivity index (χ3n) is 3.53. The molecule has 1 fully saturated rings. The number of carboxylic acids is 1. The van der Waals surface area contributed by atoms with E-state index in [1.807, 2.05) is 0 Å². The molecule has 1 aromatic heterocycles. The van der Waals surface area contributed by atoms with Gasteiger partial charge in [-0.05, 0) is 38.3 Å². The molecule has 102 valence electrons. The average Bonchev–Trinajstić information content (AvgIpc) is 2.38. The van der Waals surface area contributed by atoms with Crippen LogP contribution >= 0.6 is 11.6 Å². The Morgan fingerprint density at radius 2 is 2.16 bits per heavy atom. The lowest BCUT2D eigenvalue weighted by atomic mass is 9.88. The molecule has 5 nitrogen and oxygen atoms in total. The van der Waals surface area contributed by atoms with Crippen LogP contribution in [0.15, 0.2) is 18.2 Å². The summed E-state index contributed by atoms with van der Waals surface area (Å²) in [5.74, 6) is -1.37. The maximum absolute atomic E-state index is 12.4. The molecule has 1 atom stereocenters. The molecule has 0 aliphatic carbocycles. The second-order valence-electron chi connectivity index (χ2n) is 4.84. The second-order valence-corrected chi connectivity index (χ2v) is 5.23. The Balaban J connectivity index is 2.33. The number of carbonyl (C=O) groups is 2. The quantitative estimate of drug-likeness (QED) is 0.844. The van der Waals surface area contributed by atoms with Crippen molar-refractivity contribution in [2.45, 2.75) is 31.7 Å². The van der Waals surface area contributed by atoms with E-state index in [0.29, 0.717) is 13.0 Å². The van der Waals surface area contributed by atoms with Crippen LogP contribution in [0, 0.1) is 0 Å². The Morgan fingerprint density at radius 3 is 2.79 bits per heavy atom. The fourth-order valence-electron chi connectivity index (χ4n) is 2.33. The largest absolute Gasteiger partial charge is 0.480 e. The number of rotatable bonds is 2. The number of likely N-dealkylation sites (tertiary alicyclic amines) is 1. The topological polar surface area (TPSA) is 70.5 Å². The lowest BCUT2D eigenvalue weighted by molar-refractivity contribution is -0.150. The van der Waals surface area contributed by atoms with Crippen LogP contribution in [-0.4, -0.2) is 39.0 Å². The summed E-state index contributed by atoms with van der Waals surface area (Å²) in [7, 11) is 0. The molecular formula is C13H15ClN2O3. The third kappa shape index (κ3) is 2.56.